The first-order valence-corrected chi connectivity index (χ1v) is 7.71. The third-order valence-electron chi connectivity index (χ3n) is 3.16. The van der Waals surface area contributed by atoms with Crippen molar-refractivity contribution < 1.29 is 9.31 Å². The first-order valence-electron chi connectivity index (χ1n) is 6.89. The second kappa shape index (κ2) is 7.91. The summed E-state index contributed by atoms with van der Waals surface area (Å²) in [5, 5.41) is 14.3. The Morgan fingerprint density at radius 3 is 2.68 bits per heavy atom. The molecule has 2 rings (SSSR count). The first kappa shape index (κ1) is 16.5. The number of rotatable bonds is 7. The predicted molar refractivity (Wildman–Crippen MR) is 86.1 cm³/mol. The van der Waals surface area contributed by atoms with Crippen LogP contribution in [0, 0.1) is 10.1 Å². The number of nitro groups is 1. The van der Waals surface area contributed by atoms with E-state index in [0.29, 0.717) is 17.0 Å². The predicted octanol–water partition coefficient (Wildman–Crippen LogP) is 3.98. The topological polar surface area (TPSA) is 55.2 Å². The molecule has 2 aromatic rings. The zero-order chi connectivity index (χ0) is 15.9. The Labute approximate surface area is 132 Å². The number of hydrogen-bond donors (Lipinski definition) is 1. The molecule has 0 heterocycles. The summed E-state index contributed by atoms with van der Waals surface area (Å²) in [6.07, 6.45) is 0.197. The van der Waals surface area contributed by atoms with E-state index >= 15 is 0 Å². The molecule has 0 amide bonds. The Morgan fingerprint density at radius 2 is 2.00 bits per heavy atom. The van der Waals surface area contributed by atoms with E-state index in [2.05, 4.69) is 5.32 Å². The highest BCUT2D eigenvalue weighted by Crippen LogP contribution is 2.37. The van der Waals surface area contributed by atoms with Crippen molar-refractivity contribution >= 4 is 17.4 Å². The van der Waals surface area contributed by atoms with E-state index in [4.69, 9.17) is 0 Å². The maximum Gasteiger partial charge on any atom is 0.283 e. The van der Waals surface area contributed by atoms with Gasteiger partial charge in [0.15, 0.2) is 0 Å². The van der Waals surface area contributed by atoms with E-state index in [9.17, 15) is 14.5 Å². The molecule has 0 spiro atoms. The highest BCUT2D eigenvalue weighted by molar-refractivity contribution is 7.99. The van der Waals surface area contributed by atoms with Crippen LogP contribution in [0.15, 0.2) is 52.3 Å². The van der Waals surface area contributed by atoms with Gasteiger partial charge >= 0.3 is 0 Å². The highest BCUT2D eigenvalue weighted by Gasteiger charge is 2.16. The second-order valence-electron chi connectivity index (χ2n) is 4.74. The fourth-order valence-corrected chi connectivity index (χ4v) is 3.14. The summed E-state index contributed by atoms with van der Waals surface area (Å²) in [7, 11) is 1.86. The molecule has 2 aromatic carbocycles. The molecule has 0 atom stereocenters. The SMILES string of the molecule is CNCc1ccccc1Sc1ccc(CCF)cc1[N+](=O)[O-]. The third-order valence-corrected chi connectivity index (χ3v) is 4.35. The lowest BCUT2D eigenvalue weighted by atomic mass is 10.1. The van der Waals surface area contributed by atoms with Crippen molar-refractivity contribution in [3.8, 4) is 0 Å². The van der Waals surface area contributed by atoms with E-state index in [1.807, 2.05) is 31.3 Å². The molecule has 4 nitrogen and oxygen atoms in total. The summed E-state index contributed by atoms with van der Waals surface area (Å²) < 4.78 is 12.4. The molecule has 0 fully saturated rings. The number of nitrogens with one attached hydrogen (secondary N) is 1. The van der Waals surface area contributed by atoms with Gasteiger partial charge in [0.1, 0.15) is 0 Å². The minimum absolute atomic E-state index is 0.0233. The molecule has 0 aromatic heterocycles. The van der Waals surface area contributed by atoms with Crippen LogP contribution in [0.25, 0.3) is 0 Å². The fraction of sp³-hybridized carbons (Fsp3) is 0.250. The first-order chi connectivity index (χ1) is 10.7. The molecule has 6 heteroatoms. The summed E-state index contributed by atoms with van der Waals surface area (Å²) in [6.45, 7) is 0.172. The van der Waals surface area contributed by atoms with Gasteiger partial charge in [-0.1, -0.05) is 36.0 Å². The van der Waals surface area contributed by atoms with Gasteiger partial charge in [-0.05, 0) is 30.3 Å². The monoisotopic (exact) mass is 320 g/mol. The molecule has 0 bridgehead atoms. The summed E-state index contributed by atoms with van der Waals surface area (Å²) in [6, 6.07) is 12.7. The minimum atomic E-state index is -0.519. The van der Waals surface area contributed by atoms with Crippen LogP contribution in [0.5, 0.6) is 0 Å². The van der Waals surface area contributed by atoms with Gasteiger partial charge < -0.3 is 5.32 Å². The molecule has 0 radical (unpaired) electrons. The van der Waals surface area contributed by atoms with Crippen LogP contribution in [0.1, 0.15) is 11.1 Å². The van der Waals surface area contributed by atoms with Crippen LogP contribution in [0.3, 0.4) is 0 Å². The summed E-state index contributed by atoms with van der Waals surface area (Å²) in [5.41, 5.74) is 1.74. The van der Waals surface area contributed by atoms with Crippen molar-refractivity contribution in [2.24, 2.45) is 0 Å². The summed E-state index contributed by atoms with van der Waals surface area (Å²) >= 11 is 1.36. The van der Waals surface area contributed by atoms with Gasteiger partial charge in [0.25, 0.3) is 5.69 Å². The Bertz CT molecular complexity index is 664. The van der Waals surface area contributed by atoms with Gasteiger partial charge in [-0.25, -0.2) is 0 Å². The highest BCUT2D eigenvalue weighted by atomic mass is 32.2. The smallest absolute Gasteiger partial charge is 0.283 e. The van der Waals surface area contributed by atoms with Gasteiger partial charge in [0.2, 0.25) is 0 Å². The average Bonchev–Trinajstić information content (AvgIpc) is 2.51. The fourth-order valence-electron chi connectivity index (χ4n) is 2.11. The molecular weight excluding hydrogens is 303 g/mol. The molecular formula is C16H17FN2O2S. The number of nitrogens with zero attached hydrogens (tertiary/aromatic N) is 1. The molecule has 0 aliphatic rings. The van der Waals surface area contributed by atoms with E-state index < -0.39 is 11.6 Å². The van der Waals surface area contributed by atoms with E-state index in [1.165, 1.54) is 17.8 Å². The lowest BCUT2D eigenvalue weighted by molar-refractivity contribution is -0.387. The largest absolute Gasteiger partial charge is 0.316 e. The second-order valence-corrected chi connectivity index (χ2v) is 5.82. The van der Waals surface area contributed by atoms with Crippen molar-refractivity contribution in [1.29, 1.82) is 0 Å². The van der Waals surface area contributed by atoms with Crippen LogP contribution < -0.4 is 5.32 Å². The van der Waals surface area contributed by atoms with E-state index in [1.54, 1.807) is 12.1 Å². The van der Waals surface area contributed by atoms with Crippen molar-refractivity contribution in [2.45, 2.75) is 22.8 Å². The lowest BCUT2D eigenvalue weighted by Gasteiger charge is -2.09. The number of aryl methyl sites for hydroxylation is 1. The van der Waals surface area contributed by atoms with Crippen LogP contribution in [-0.2, 0) is 13.0 Å². The number of halogens is 1. The molecule has 22 heavy (non-hydrogen) atoms. The third kappa shape index (κ3) is 4.05. The number of hydrogen-bond acceptors (Lipinski definition) is 4. The molecule has 116 valence electrons. The van der Waals surface area contributed by atoms with Crippen LogP contribution in [0.4, 0.5) is 10.1 Å². The average molecular weight is 320 g/mol. The van der Waals surface area contributed by atoms with Crippen molar-refractivity contribution in [3.63, 3.8) is 0 Å². The summed E-state index contributed by atoms with van der Waals surface area (Å²) in [5.74, 6) is 0. The minimum Gasteiger partial charge on any atom is -0.316 e. The zero-order valence-corrected chi connectivity index (χ0v) is 13.0. The molecule has 0 saturated heterocycles. The summed E-state index contributed by atoms with van der Waals surface area (Å²) in [4.78, 5) is 12.4. The molecule has 0 aliphatic heterocycles. The lowest BCUT2D eigenvalue weighted by Crippen LogP contribution is -2.05. The molecule has 1 N–H and O–H groups in total. The molecule has 0 aliphatic carbocycles. The number of nitro benzene ring substituents is 1. The van der Waals surface area contributed by atoms with Gasteiger partial charge in [-0.15, -0.1) is 0 Å². The maximum absolute atomic E-state index is 12.4. The molecule has 0 saturated carbocycles. The van der Waals surface area contributed by atoms with Gasteiger partial charge in [0.05, 0.1) is 16.5 Å². The van der Waals surface area contributed by atoms with Crippen LogP contribution >= 0.6 is 11.8 Å². The zero-order valence-electron chi connectivity index (χ0n) is 12.2. The Hall–Kier alpha value is -1.92. The van der Waals surface area contributed by atoms with Crippen LogP contribution in [0.2, 0.25) is 0 Å². The van der Waals surface area contributed by atoms with Gasteiger partial charge in [0, 0.05) is 23.9 Å². The number of benzene rings is 2. The number of alkyl halides is 1. The van der Waals surface area contributed by atoms with E-state index in [-0.39, 0.29) is 12.1 Å². The van der Waals surface area contributed by atoms with E-state index in [0.717, 1.165) is 10.5 Å². The maximum atomic E-state index is 12.4. The Kier molecular flexibility index (Phi) is 5.91. The normalized spacial score (nSPS) is 10.6. The Balaban J connectivity index is 2.35. The molecule has 0 unspecified atom stereocenters. The quantitative estimate of drug-likeness (QED) is 0.619. The van der Waals surface area contributed by atoms with Gasteiger partial charge in [-0.3, -0.25) is 14.5 Å². The van der Waals surface area contributed by atoms with Crippen molar-refractivity contribution in [1.82, 2.24) is 5.32 Å². The Morgan fingerprint density at radius 1 is 1.23 bits per heavy atom. The van der Waals surface area contributed by atoms with Gasteiger partial charge in [-0.2, -0.15) is 0 Å². The van der Waals surface area contributed by atoms with Crippen LogP contribution in [-0.4, -0.2) is 18.6 Å². The van der Waals surface area contributed by atoms with Crippen molar-refractivity contribution in [2.75, 3.05) is 13.7 Å². The van der Waals surface area contributed by atoms with Crippen molar-refractivity contribution in [3.05, 3.63) is 63.7 Å². The standard InChI is InChI=1S/C16H17FN2O2S/c1-18-11-13-4-2-3-5-15(13)22-16-7-6-12(8-9-17)10-14(16)19(20)21/h2-7,10,18H,8-9,11H2,1H3.